The van der Waals surface area contributed by atoms with E-state index < -0.39 is 17.8 Å². The quantitative estimate of drug-likeness (QED) is 0.804. The molecule has 4 nitrogen and oxygen atoms in total. The Morgan fingerprint density at radius 2 is 1.93 bits per heavy atom. The molecule has 1 aliphatic rings. The van der Waals surface area contributed by atoms with Gasteiger partial charge in [-0.15, -0.1) is 0 Å². The van der Waals surface area contributed by atoms with Crippen molar-refractivity contribution in [3.63, 3.8) is 0 Å². The highest BCUT2D eigenvalue weighted by Gasteiger charge is 2.31. The molecule has 0 bridgehead atoms. The number of methoxy groups -OCH3 is 2. The van der Waals surface area contributed by atoms with Crippen LogP contribution in [-0.2, 0) is 19.0 Å². The fourth-order valence-electron chi connectivity index (χ4n) is 3.49. The van der Waals surface area contributed by atoms with Gasteiger partial charge in [-0.1, -0.05) is 18.2 Å². The van der Waals surface area contributed by atoms with Crippen molar-refractivity contribution in [2.45, 2.75) is 31.2 Å². The van der Waals surface area contributed by atoms with Crippen LogP contribution >= 0.6 is 0 Å². The number of alkyl halides is 3. The van der Waals surface area contributed by atoms with Crippen LogP contribution in [0.3, 0.4) is 0 Å². The molecule has 0 fully saturated rings. The molecule has 146 valence electrons. The van der Waals surface area contributed by atoms with E-state index in [1.54, 1.807) is 14.2 Å². The number of hydrogen-bond acceptors (Lipinski definition) is 4. The number of aliphatic hydroxyl groups excluding tert-OH is 1. The van der Waals surface area contributed by atoms with E-state index in [-0.39, 0.29) is 18.2 Å². The molecule has 7 heteroatoms. The average molecular weight is 381 g/mol. The van der Waals surface area contributed by atoms with Gasteiger partial charge in [-0.2, -0.15) is 13.2 Å². The summed E-state index contributed by atoms with van der Waals surface area (Å²) in [6, 6.07) is 8.71. The maximum Gasteiger partial charge on any atom is 0.416 e. The number of benzene rings is 2. The first kappa shape index (κ1) is 19.5. The molecule has 0 heterocycles. The Kier molecular flexibility index (Phi) is 5.62. The van der Waals surface area contributed by atoms with Crippen molar-refractivity contribution in [3.8, 4) is 11.5 Å². The fourth-order valence-corrected chi connectivity index (χ4v) is 3.49. The summed E-state index contributed by atoms with van der Waals surface area (Å²) in [4.78, 5) is 0. The number of ether oxygens (including phenoxy) is 2. The summed E-state index contributed by atoms with van der Waals surface area (Å²) in [5, 5.41) is 13.5. The Bertz CT molecular complexity index is 808. The van der Waals surface area contributed by atoms with Crippen molar-refractivity contribution in [1.82, 2.24) is 5.32 Å². The highest BCUT2D eigenvalue weighted by Crippen LogP contribution is 2.38. The van der Waals surface area contributed by atoms with Crippen LogP contribution in [0.4, 0.5) is 13.2 Å². The van der Waals surface area contributed by atoms with Gasteiger partial charge < -0.3 is 19.9 Å². The summed E-state index contributed by atoms with van der Waals surface area (Å²) in [7, 11) is 3.18. The van der Waals surface area contributed by atoms with Gasteiger partial charge >= 0.3 is 6.18 Å². The number of rotatable bonds is 6. The van der Waals surface area contributed by atoms with Gasteiger partial charge in [0.25, 0.3) is 0 Å². The predicted octanol–water partition coefficient (Wildman–Crippen LogP) is 3.51. The van der Waals surface area contributed by atoms with E-state index in [2.05, 4.69) is 5.32 Å². The lowest BCUT2D eigenvalue weighted by atomic mass is 10.1. The number of hydrogen-bond donors (Lipinski definition) is 2. The second-order valence-corrected chi connectivity index (χ2v) is 6.59. The van der Waals surface area contributed by atoms with Crippen molar-refractivity contribution >= 4 is 0 Å². The molecule has 0 saturated carbocycles. The largest absolute Gasteiger partial charge is 0.493 e. The first-order chi connectivity index (χ1) is 12.8. The molecule has 0 amide bonds. The zero-order valence-corrected chi connectivity index (χ0v) is 15.1. The minimum Gasteiger partial charge on any atom is -0.493 e. The summed E-state index contributed by atoms with van der Waals surface area (Å²) in [5.41, 5.74) is 1.68. The molecule has 2 aromatic rings. The van der Waals surface area contributed by atoms with Crippen LogP contribution in [0, 0.1) is 0 Å². The monoisotopic (exact) mass is 381 g/mol. The second kappa shape index (κ2) is 7.78. The van der Waals surface area contributed by atoms with E-state index in [1.807, 2.05) is 12.1 Å². The third kappa shape index (κ3) is 4.20. The van der Waals surface area contributed by atoms with Crippen molar-refractivity contribution in [1.29, 1.82) is 0 Å². The van der Waals surface area contributed by atoms with E-state index in [0.717, 1.165) is 29.7 Å². The van der Waals surface area contributed by atoms with Crippen LogP contribution in [0.2, 0.25) is 0 Å². The van der Waals surface area contributed by atoms with Crippen molar-refractivity contribution < 1.29 is 27.8 Å². The molecule has 2 aromatic carbocycles. The number of fused-ring (bicyclic) bond motifs is 1. The number of aliphatic hydroxyl groups is 1. The summed E-state index contributed by atoms with van der Waals surface area (Å²) in [6.07, 6.45) is -3.99. The van der Waals surface area contributed by atoms with Crippen LogP contribution in [0.25, 0.3) is 0 Å². The molecule has 0 saturated heterocycles. The smallest absolute Gasteiger partial charge is 0.416 e. The summed E-state index contributed by atoms with van der Waals surface area (Å²) >= 11 is 0. The molecule has 1 aliphatic carbocycles. The molecule has 0 spiro atoms. The maximum atomic E-state index is 12.8. The molecular weight excluding hydrogens is 359 g/mol. The summed E-state index contributed by atoms with van der Waals surface area (Å²) in [6.45, 7) is 0.166. The highest BCUT2D eigenvalue weighted by atomic mass is 19.4. The predicted molar refractivity (Wildman–Crippen MR) is 95.1 cm³/mol. The fraction of sp³-hybridized carbons (Fsp3) is 0.400. The van der Waals surface area contributed by atoms with E-state index in [4.69, 9.17) is 9.47 Å². The second-order valence-electron chi connectivity index (χ2n) is 6.59. The zero-order chi connectivity index (χ0) is 19.6. The third-order valence-corrected chi connectivity index (χ3v) is 4.86. The Hall–Kier alpha value is -2.25. The molecule has 0 aromatic heterocycles. The molecule has 0 aliphatic heterocycles. The van der Waals surface area contributed by atoms with Crippen LogP contribution in [0.15, 0.2) is 36.4 Å². The van der Waals surface area contributed by atoms with E-state index in [9.17, 15) is 18.3 Å². The normalized spacial score (nSPS) is 17.5. The average Bonchev–Trinajstić information content (AvgIpc) is 3.07. The van der Waals surface area contributed by atoms with Gasteiger partial charge in [0.2, 0.25) is 0 Å². The van der Waals surface area contributed by atoms with E-state index in [0.29, 0.717) is 17.9 Å². The van der Waals surface area contributed by atoms with E-state index in [1.165, 1.54) is 12.1 Å². The van der Waals surface area contributed by atoms with Crippen molar-refractivity contribution in [2.75, 3.05) is 20.8 Å². The maximum absolute atomic E-state index is 12.8. The Balaban J connectivity index is 1.64. The Labute approximate surface area is 155 Å². The SMILES string of the molecule is COc1ccc2c(c1OC)CC(NCC(O)c1cccc(C(F)(F)F)c1)C2. The van der Waals surface area contributed by atoms with Gasteiger partial charge in [0.05, 0.1) is 25.9 Å². The van der Waals surface area contributed by atoms with Crippen molar-refractivity contribution in [3.05, 3.63) is 58.7 Å². The number of halogens is 3. The van der Waals surface area contributed by atoms with Gasteiger partial charge in [-0.05, 0) is 42.2 Å². The molecule has 2 N–H and O–H groups in total. The van der Waals surface area contributed by atoms with E-state index >= 15 is 0 Å². The molecule has 0 radical (unpaired) electrons. The first-order valence-corrected chi connectivity index (χ1v) is 8.64. The first-order valence-electron chi connectivity index (χ1n) is 8.64. The minimum absolute atomic E-state index is 0.0708. The highest BCUT2D eigenvalue weighted by molar-refractivity contribution is 5.53. The lowest BCUT2D eigenvalue weighted by Crippen LogP contribution is -2.33. The van der Waals surface area contributed by atoms with Gasteiger partial charge in [-0.25, -0.2) is 0 Å². The molecule has 27 heavy (non-hydrogen) atoms. The van der Waals surface area contributed by atoms with Gasteiger partial charge in [0.1, 0.15) is 0 Å². The summed E-state index contributed by atoms with van der Waals surface area (Å²) < 4.78 is 49.3. The number of nitrogens with one attached hydrogen (secondary N) is 1. The van der Waals surface area contributed by atoms with Crippen LogP contribution < -0.4 is 14.8 Å². The van der Waals surface area contributed by atoms with Gasteiger partial charge in [0.15, 0.2) is 11.5 Å². The van der Waals surface area contributed by atoms with Crippen LogP contribution in [-0.4, -0.2) is 31.9 Å². The standard InChI is InChI=1S/C20H22F3NO3/c1-26-18-7-6-12-9-15(10-16(12)19(18)27-2)24-11-17(25)13-4-3-5-14(8-13)20(21,22)23/h3-8,15,17,24-25H,9-11H2,1-2H3. The van der Waals surface area contributed by atoms with Crippen molar-refractivity contribution in [2.24, 2.45) is 0 Å². The third-order valence-electron chi connectivity index (χ3n) is 4.86. The Morgan fingerprint density at radius 1 is 1.15 bits per heavy atom. The molecule has 2 unspecified atom stereocenters. The van der Waals surface area contributed by atoms with Crippen LogP contribution in [0.1, 0.15) is 28.4 Å². The van der Waals surface area contributed by atoms with Gasteiger partial charge in [-0.3, -0.25) is 0 Å². The lowest BCUT2D eigenvalue weighted by Gasteiger charge is -2.17. The topological polar surface area (TPSA) is 50.7 Å². The van der Waals surface area contributed by atoms with Gasteiger partial charge in [0, 0.05) is 18.2 Å². The summed E-state index contributed by atoms with van der Waals surface area (Å²) in [5.74, 6) is 1.37. The molecular formula is C20H22F3NO3. The molecule has 2 atom stereocenters. The minimum atomic E-state index is -4.42. The lowest BCUT2D eigenvalue weighted by molar-refractivity contribution is -0.137. The molecule has 3 rings (SSSR count). The Morgan fingerprint density at radius 3 is 2.59 bits per heavy atom. The zero-order valence-electron chi connectivity index (χ0n) is 15.1. The van der Waals surface area contributed by atoms with Crippen LogP contribution in [0.5, 0.6) is 11.5 Å².